The number of thiophene rings is 1. The molecule has 1 aromatic heterocycles. The molecule has 1 amide bonds. The van der Waals surface area contributed by atoms with Crippen LogP contribution < -0.4 is 11.1 Å². The summed E-state index contributed by atoms with van der Waals surface area (Å²) in [5.74, 6) is -0.0400. The van der Waals surface area contributed by atoms with Gasteiger partial charge in [-0.15, -0.1) is 11.3 Å². The van der Waals surface area contributed by atoms with Crippen LogP contribution in [0, 0.1) is 0 Å². The van der Waals surface area contributed by atoms with Crippen LogP contribution in [0.2, 0.25) is 0 Å². The highest BCUT2D eigenvalue weighted by Crippen LogP contribution is 2.19. The normalized spacial score (nSPS) is 12.4. The lowest BCUT2D eigenvalue weighted by molar-refractivity contribution is -0.123. The van der Waals surface area contributed by atoms with E-state index in [4.69, 9.17) is 10.5 Å². The molecule has 1 heterocycles. The molecule has 0 aromatic carbocycles. The highest BCUT2D eigenvalue weighted by molar-refractivity contribution is 9.10. The summed E-state index contributed by atoms with van der Waals surface area (Å²) < 4.78 is 6.08. The Kier molecular flexibility index (Phi) is 5.97. The quantitative estimate of drug-likeness (QED) is 0.837. The van der Waals surface area contributed by atoms with E-state index in [9.17, 15) is 4.79 Å². The van der Waals surface area contributed by atoms with Crippen molar-refractivity contribution in [2.45, 2.75) is 19.1 Å². The molecular weight excluding hydrogens is 292 g/mol. The first-order chi connectivity index (χ1) is 7.65. The number of ether oxygens (including phenoxy) is 1. The summed E-state index contributed by atoms with van der Waals surface area (Å²) in [4.78, 5) is 12.6. The molecule has 1 unspecified atom stereocenters. The summed E-state index contributed by atoms with van der Waals surface area (Å²) in [6, 6.07) is 1.99. The second kappa shape index (κ2) is 7.01. The average molecular weight is 307 g/mol. The number of rotatable bonds is 6. The van der Waals surface area contributed by atoms with Gasteiger partial charge in [0, 0.05) is 28.4 Å². The van der Waals surface area contributed by atoms with Crippen molar-refractivity contribution >= 4 is 33.2 Å². The van der Waals surface area contributed by atoms with Crippen LogP contribution in [0.4, 0.5) is 0 Å². The molecule has 0 saturated carbocycles. The number of carbonyl (C=O) groups excluding carboxylic acids is 1. The first-order valence-electron chi connectivity index (χ1n) is 4.88. The molecule has 1 aromatic rings. The second-order valence-electron chi connectivity index (χ2n) is 3.31. The van der Waals surface area contributed by atoms with Crippen molar-refractivity contribution < 1.29 is 9.53 Å². The molecule has 3 N–H and O–H groups in total. The Morgan fingerprint density at radius 3 is 3.00 bits per heavy atom. The topological polar surface area (TPSA) is 64.3 Å². The van der Waals surface area contributed by atoms with Crippen molar-refractivity contribution in [2.24, 2.45) is 5.73 Å². The first kappa shape index (κ1) is 13.6. The third-order valence-corrected chi connectivity index (χ3v) is 3.79. The fraction of sp³-hybridized carbons (Fsp3) is 0.500. The highest BCUT2D eigenvalue weighted by atomic mass is 79.9. The van der Waals surface area contributed by atoms with Crippen LogP contribution in [0.5, 0.6) is 0 Å². The van der Waals surface area contributed by atoms with Crippen LogP contribution in [0.15, 0.2) is 15.9 Å². The van der Waals surface area contributed by atoms with Gasteiger partial charge in [-0.3, -0.25) is 4.79 Å². The Morgan fingerprint density at radius 2 is 2.50 bits per heavy atom. The van der Waals surface area contributed by atoms with E-state index in [-0.39, 0.29) is 12.0 Å². The highest BCUT2D eigenvalue weighted by Gasteiger charge is 2.11. The van der Waals surface area contributed by atoms with Crippen LogP contribution >= 0.6 is 27.3 Å². The Balaban J connectivity index is 2.30. The average Bonchev–Trinajstić information content (AvgIpc) is 2.69. The maximum atomic E-state index is 11.5. The second-order valence-corrected chi connectivity index (χ2v) is 5.22. The first-order valence-corrected chi connectivity index (χ1v) is 6.55. The molecule has 0 aliphatic carbocycles. The molecule has 16 heavy (non-hydrogen) atoms. The fourth-order valence-corrected chi connectivity index (χ4v) is 2.56. The standard InChI is InChI=1S/C10H15BrN2O2S/c1-15-8(4-12)3-10(14)13-5-9-2-7(11)6-16-9/h2,6,8H,3-5,12H2,1H3,(H,13,14). The zero-order valence-corrected chi connectivity index (χ0v) is 11.4. The molecule has 1 rings (SSSR count). The van der Waals surface area contributed by atoms with Crippen LogP contribution in [0.3, 0.4) is 0 Å². The van der Waals surface area contributed by atoms with Crippen molar-refractivity contribution in [2.75, 3.05) is 13.7 Å². The Morgan fingerprint density at radius 1 is 1.75 bits per heavy atom. The van der Waals surface area contributed by atoms with Gasteiger partial charge in [-0.2, -0.15) is 0 Å². The number of amides is 1. The van der Waals surface area contributed by atoms with E-state index in [2.05, 4.69) is 21.2 Å². The zero-order valence-electron chi connectivity index (χ0n) is 9.03. The van der Waals surface area contributed by atoms with Gasteiger partial charge in [0.1, 0.15) is 0 Å². The molecule has 0 bridgehead atoms. The molecule has 0 aliphatic heterocycles. The van der Waals surface area contributed by atoms with Gasteiger partial charge in [0.2, 0.25) is 5.91 Å². The van der Waals surface area contributed by atoms with E-state index in [1.165, 1.54) is 0 Å². The Hall–Kier alpha value is -0.430. The Labute approximate surface area is 107 Å². The van der Waals surface area contributed by atoms with Crippen molar-refractivity contribution in [3.63, 3.8) is 0 Å². The van der Waals surface area contributed by atoms with Crippen LogP contribution in [-0.4, -0.2) is 25.7 Å². The van der Waals surface area contributed by atoms with Crippen molar-refractivity contribution in [3.05, 3.63) is 20.8 Å². The van der Waals surface area contributed by atoms with Gasteiger partial charge in [-0.05, 0) is 22.0 Å². The Bertz CT molecular complexity index is 339. The van der Waals surface area contributed by atoms with E-state index in [1.807, 2.05) is 11.4 Å². The number of hydrogen-bond donors (Lipinski definition) is 2. The van der Waals surface area contributed by atoms with E-state index >= 15 is 0 Å². The lowest BCUT2D eigenvalue weighted by Crippen LogP contribution is -2.31. The molecule has 4 nitrogen and oxygen atoms in total. The van der Waals surface area contributed by atoms with Crippen molar-refractivity contribution in [1.82, 2.24) is 5.32 Å². The summed E-state index contributed by atoms with van der Waals surface area (Å²) in [6.07, 6.45) is 0.106. The third kappa shape index (κ3) is 4.61. The molecule has 0 radical (unpaired) electrons. The minimum atomic E-state index is -0.199. The van der Waals surface area contributed by atoms with E-state index < -0.39 is 0 Å². The number of methoxy groups -OCH3 is 1. The minimum absolute atomic E-state index is 0.0400. The molecular formula is C10H15BrN2O2S. The van der Waals surface area contributed by atoms with E-state index in [0.29, 0.717) is 19.5 Å². The summed E-state index contributed by atoms with van der Waals surface area (Å²) in [7, 11) is 1.56. The van der Waals surface area contributed by atoms with Crippen molar-refractivity contribution in [1.29, 1.82) is 0 Å². The molecule has 1 atom stereocenters. The lowest BCUT2D eigenvalue weighted by Gasteiger charge is -2.12. The minimum Gasteiger partial charge on any atom is -0.380 e. The number of nitrogens with one attached hydrogen (secondary N) is 1. The summed E-state index contributed by atoms with van der Waals surface area (Å²) in [6.45, 7) is 0.907. The molecule has 0 aliphatic rings. The summed E-state index contributed by atoms with van der Waals surface area (Å²) >= 11 is 4.97. The van der Waals surface area contributed by atoms with E-state index in [1.54, 1.807) is 18.4 Å². The monoisotopic (exact) mass is 306 g/mol. The van der Waals surface area contributed by atoms with Gasteiger partial charge in [0.05, 0.1) is 19.1 Å². The van der Waals surface area contributed by atoms with E-state index in [0.717, 1.165) is 9.35 Å². The predicted octanol–water partition coefficient (Wildman–Crippen LogP) is 1.49. The van der Waals surface area contributed by atoms with Gasteiger partial charge >= 0.3 is 0 Å². The molecule has 0 fully saturated rings. The predicted molar refractivity (Wildman–Crippen MR) is 68.3 cm³/mol. The largest absolute Gasteiger partial charge is 0.380 e. The molecule has 90 valence electrons. The van der Waals surface area contributed by atoms with Gasteiger partial charge in [-0.1, -0.05) is 0 Å². The number of carbonyl (C=O) groups is 1. The summed E-state index contributed by atoms with van der Waals surface area (Å²) in [5, 5.41) is 4.81. The van der Waals surface area contributed by atoms with Gasteiger partial charge in [0.15, 0.2) is 0 Å². The van der Waals surface area contributed by atoms with Gasteiger partial charge < -0.3 is 15.8 Å². The maximum Gasteiger partial charge on any atom is 0.222 e. The SMILES string of the molecule is COC(CN)CC(=O)NCc1cc(Br)cs1. The number of hydrogen-bond acceptors (Lipinski definition) is 4. The van der Waals surface area contributed by atoms with Crippen LogP contribution in [0.1, 0.15) is 11.3 Å². The zero-order chi connectivity index (χ0) is 12.0. The molecule has 0 saturated heterocycles. The molecule has 0 spiro atoms. The smallest absolute Gasteiger partial charge is 0.222 e. The van der Waals surface area contributed by atoms with Crippen LogP contribution in [0.25, 0.3) is 0 Å². The lowest BCUT2D eigenvalue weighted by atomic mass is 10.2. The van der Waals surface area contributed by atoms with Gasteiger partial charge in [0.25, 0.3) is 0 Å². The number of halogens is 1. The fourth-order valence-electron chi connectivity index (χ4n) is 1.17. The molecule has 6 heteroatoms. The summed E-state index contributed by atoms with van der Waals surface area (Å²) in [5.41, 5.74) is 5.43. The number of nitrogens with two attached hydrogens (primary N) is 1. The van der Waals surface area contributed by atoms with Gasteiger partial charge in [-0.25, -0.2) is 0 Å². The third-order valence-electron chi connectivity index (χ3n) is 2.09. The maximum absolute atomic E-state index is 11.5. The van der Waals surface area contributed by atoms with Crippen molar-refractivity contribution in [3.8, 4) is 0 Å². The van der Waals surface area contributed by atoms with Crippen LogP contribution in [-0.2, 0) is 16.1 Å².